The zero-order valence-electron chi connectivity index (χ0n) is 19.9. The summed E-state index contributed by atoms with van der Waals surface area (Å²) in [6.45, 7) is 7.41. The van der Waals surface area contributed by atoms with Crippen LogP contribution in [-0.4, -0.2) is 67.0 Å². The zero-order chi connectivity index (χ0) is 24.3. The van der Waals surface area contributed by atoms with Crippen LogP contribution in [0, 0.1) is 0 Å². The Morgan fingerprint density at radius 3 is 2.62 bits per heavy atom. The van der Waals surface area contributed by atoms with E-state index in [0.29, 0.717) is 55.5 Å². The summed E-state index contributed by atoms with van der Waals surface area (Å²) in [5.74, 6) is 1.36. The number of benzene rings is 1. The lowest BCUT2D eigenvalue weighted by Crippen LogP contribution is -2.42. The van der Waals surface area contributed by atoms with Crippen LogP contribution in [0.25, 0.3) is 0 Å². The van der Waals surface area contributed by atoms with Crippen LogP contribution in [0.15, 0.2) is 35.5 Å². The third-order valence-corrected chi connectivity index (χ3v) is 7.92. The van der Waals surface area contributed by atoms with Gasteiger partial charge in [0.1, 0.15) is 18.2 Å². The second-order valence-electron chi connectivity index (χ2n) is 8.96. The summed E-state index contributed by atoms with van der Waals surface area (Å²) in [4.78, 5) is 24.9. The van der Waals surface area contributed by atoms with E-state index in [1.54, 1.807) is 17.0 Å². The number of anilines is 2. The summed E-state index contributed by atoms with van der Waals surface area (Å²) in [6.07, 6.45) is 3.77. The molecule has 1 aromatic heterocycles. The van der Waals surface area contributed by atoms with E-state index in [9.17, 15) is 13.2 Å². The van der Waals surface area contributed by atoms with Gasteiger partial charge < -0.3 is 19.3 Å². The highest BCUT2D eigenvalue weighted by molar-refractivity contribution is 7.91. The molecule has 0 N–H and O–H groups in total. The van der Waals surface area contributed by atoms with E-state index in [1.165, 1.54) is 6.33 Å². The molecule has 10 heteroatoms. The first kappa shape index (κ1) is 24.3. The first-order valence-corrected chi connectivity index (χ1v) is 13.5. The maximum Gasteiger partial charge on any atom is 0.410 e. The maximum atomic E-state index is 12.4. The van der Waals surface area contributed by atoms with Gasteiger partial charge in [0.15, 0.2) is 9.84 Å². The molecule has 1 aromatic carbocycles. The summed E-state index contributed by atoms with van der Waals surface area (Å²) in [7, 11) is -3.25. The molecule has 1 saturated heterocycles. The van der Waals surface area contributed by atoms with Gasteiger partial charge in [-0.3, -0.25) is 0 Å². The molecule has 0 aliphatic carbocycles. The summed E-state index contributed by atoms with van der Waals surface area (Å²) < 4.78 is 36.3. The van der Waals surface area contributed by atoms with Gasteiger partial charge >= 0.3 is 6.09 Å². The number of carbonyl (C=O) groups is 1. The van der Waals surface area contributed by atoms with E-state index < -0.39 is 9.84 Å². The van der Waals surface area contributed by atoms with E-state index in [2.05, 4.69) is 14.9 Å². The maximum absolute atomic E-state index is 12.4. The Hall–Kier alpha value is -2.88. The first-order chi connectivity index (χ1) is 16.3. The molecular weight excluding hydrogens is 456 g/mol. The van der Waals surface area contributed by atoms with E-state index in [1.807, 2.05) is 32.9 Å². The fourth-order valence-electron chi connectivity index (χ4n) is 4.34. The number of fused-ring (bicyclic) bond motifs is 1. The number of piperidine rings is 1. The summed E-state index contributed by atoms with van der Waals surface area (Å²) in [6, 6.07) is 7.14. The number of likely N-dealkylation sites (tertiary alicyclic amines) is 1. The highest BCUT2D eigenvalue weighted by atomic mass is 32.2. The number of rotatable bonds is 7. The van der Waals surface area contributed by atoms with Gasteiger partial charge in [0.05, 0.1) is 16.8 Å². The molecule has 2 aliphatic heterocycles. The average Bonchev–Trinajstić information content (AvgIpc) is 3.23. The van der Waals surface area contributed by atoms with Crippen molar-refractivity contribution in [3.63, 3.8) is 0 Å². The molecule has 2 aliphatic rings. The third kappa shape index (κ3) is 5.43. The van der Waals surface area contributed by atoms with Crippen LogP contribution >= 0.6 is 0 Å². The van der Waals surface area contributed by atoms with Gasteiger partial charge in [-0.1, -0.05) is 6.92 Å². The highest BCUT2D eigenvalue weighted by Gasteiger charge is 2.27. The molecule has 4 rings (SSSR count). The van der Waals surface area contributed by atoms with Crippen molar-refractivity contribution in [3.8, 4) is 5.88 Å². The molecule has 184 valence electrons. The van der Waals surface area contributed by atoms with Crippen LogP contribution in [-0.2, 0) is 21.0 Å². The normalized spacial score (nSPS) is 16.6. The number of aromatic nitrogens is 2. The van der Waals surface area contributed by atoms with Crippen molar-refractivity contribution in [1.82, 2.24) is 14.9 Å². The van der Waals surface area contributed by atoms with Crippen molar-refractivity contribution < 1.29 is 22.7 Å². The van der Waals surface area contributed by atoms with Crippen LogP contribution in [0.2, 0.25) is 0 Å². The highest BCUT2D eigenvalue weighted by Crippen LogP contribution is 2.36. The Bertz CT molecular complexity index is 1130. The number of ether oxygens (including phenoxy) is 2. The molecule has 0 bridgehead atoms. The standard InChI is InChI=1S/C24H32N4O5S/c1-4-13-34(30,31)20-5-6-21-18(14-20)7-12-28(21)22-15-23(26-16-25-22)33-19-8-10-27(11-9-19)24(29)32-17(2)3/h5-6,14-17,19H,4,7-13H2,1-3H3. The van der Waals surface area contributed by atoms with Crippen molar-refractivity contribution in [2.75, 3.05) is 30.3 Å². The Labute approximate surface area is 201 Å². The van der Waals surface area contributed by atoms with Crippen LogP contribution in [0.5, 0.6) is 5.88 Å². The van der Waals surface area contributed by atoms with Gasteiger partial charge in [-0.2, -0.15) is 0 Å². The van der Waals surface area contributed by atoms with E-state index >= 15 is 0 Å². The molecule has 0 atom stereocenters. The fourth-order valence-corrected chi connectivity index (χ4v) is 5.71. The fraction of sp³-hybridized carbons (Fsp3) is 0.542. The molecule has 0 unspecified atom stereocenters. The lowest BCUT2D eigenvalue weighted by atomic mass is 10.1. The molecule has 3 heterocycles. The Morgan fingerprint density at radius 2 is 1.91 bits per heavy atom. The van der Waals surface area contributed by atoms with Crippen molar-refractivity contribution in [1.29, 1.82) is 0 Å². The van der Waals surface area contributed by atoms with Gasteiger partial charge in [0.25, 0.3) is 0 Å². The van der Waals surface area contributed by atoms with Gasteiger partial charge in [-0.15, -0.1) is 0 Å². The monoisotopic (exact) mass is 488 g/mol. The van der Waals surface area contributed by atoms with Crippen molar-refractivity contribution in [2.24, 2.45) is 0 Å². The van der Waals surface area contributed by atoms with Crippen molar-refractivity contribution in [3.05, 3.63) is 36.2 Å². The van der Waals surface area contributed by atoms with Gasteiger partial charge in [-0.25, -0.2) is 23.2 Å². The number of hydrogen-bond acceptors (Lipinski definition) is 8. The molecule has 1 fully saturated rings. The molecule has 0 radical (unpaired) electrons. The van der Waals surface area contributed by atoms with Gasteiger partial charge in [-0.05, 0) is 50.5 Å². The van der Waals surface area contributed by atoms with Gasteiger partial charge in [0.2, 0.25) is 5.88 Å². The van der Waals surface area contributed by atoms with E-state index in [-0.39, 0.29) is 24.1 Å². The van der Waals surface area contributed by atoms with Crippen LogP contribution < -0.4 is 9.64 Å². The lowest BCUT2D eigenvalue weighted by Gasteiger charge is -2.31. The van der Waals surface area contributed by atoms with E-state index in [0.717, 1.165) is 17.7 Å². The minimum absolute atomic E-state index is 0.0388. The third-order valence-electron chi connectivity index (χ3n) is 6.01. The van der Waals surface area contributed by atoms with Gasteiger partial charge in [0, 0.05) is 44.2 Å². The first-order valence-electron chi connectivity index (χ1n) is 11.8. The van der Waals surface area contributed by atoms with Crippen LogP contribution in [0.1, 0.15) is 45.6 Å². The van der Waals surface area contributed by atoms with Crippen molar-refractivity contribution >= 4 is 27.4 Å². The zero-order valence-corrected chi connectivity index (χ0v) is 20.8. The Morgan fingerprint density at radius 1 is 1.15 bits per heavy atom. The molecular formula is C24H32N4O5S. The second-order valence-corrected chi connectivity index (χ2v) is 11.1. The topological polar surface area (TPSA) is 102 Å². The molecule has 1 amide bonds. The van der Waals surface area contributed by atoms with Crippen molar-refractivity contribution in [2.45, 2.75) is 63.6 Å². The SMILES string of the molecule is CCCS(=O)(=O)c1ccc2c(c1)CCN2c1cc(OC2CCN(C(=O)OC(C)C)CC2)ncn1. The lowest BCUT2D eigenvalue weighted by molar-refractivity contribution is 0.0507. The second kappa shape index (κ2) is 10.2. The Kier molecular flexibility index (Phi) is 7.25. The molecule has 2 aromatic rings. The summed E-state index contributed by atoms with van der Waals surface area (Å²) >= 11 is 0. The number of carbonyl (C=O) groups excluding carboxylic acids is 1. The summed E-state index contributed by atoms with van der Waals surface area (Å²) in [5.41, 5.74) is 1.95. The number of amides is 1. The number of nitrogens with zero attached hydrogens (tertiary/aromatic N) is 4. The minimum atomic E-state index is -3.25. The minimum Gasteiger partial charge on any atom is -0.474 e. The molecule has 0 spiro atoms. The smallest absolute Gasteiger partial charge is 0.410 e. The Balaban J connectivity index is 1.41. The van der Waals surface area contributed by atoms with Crippen LogP contribution in [0.3, 0.4) is 0 Å². The summed E-state index contributed by atoms with van der Waals surface area (Å²) in [5, 5.41) is 0. The molecule has 34 heavy (non-hydrogen) atoms. The molecule has 9 nitrogen and oxygen atoms in total. The predicted octanol–water partition coefficient (Wildman–Crippen LogP) is 3.74. The number of sulfone groups is 1. The van der Waals surface area contributed by atoms with Crippen LogP contribution in [0.4, 0.5) is 16.3 Å². The largest absolute Gasteiger partial charge is 0.474 e. The number of hydrogen-bond donors (Lipinski definition) is 0. The average molecular weight is 489 g/mol. The predicted molar refractivity (Wildman–Crippen MR) is 128 cm³/mol. The quantitative estimate of drug-likeness (QED) is 0.581. The van der Waals surface area contributed by atoms with E-state index in [4.69, 9.17) is 9.47 Å². The molecule has 0 saturated carbocycles.